The Morgan fingerprint density at radius 1 is 1.19 bits per heavy atom. The molecule has 2 aliphatic rings. The van der Waals surface area contributed by atoms with Crippen LogP contribution >= 0.6 is 15.9 Å². The van der Waals surface area contributed by atoms with Crippen molar-refractivity contribution in [1.29, 1.82) is 0 Å². The minimum absolute atomic E-state index is 0.185. The highest BCUT2D eigenvalue weighted by molar-refractivity contribution is 9.10. The maximum Gasteiger partial charge on any atom is 0.137 e. The molecule has 0 spiro atoms. The zero-order chi connectivity index (χ0) is 14.8. The predicted molar refractivity (Wildman–Crippen MR) is 89.2 cm³/mol. The van der Waals surface area contributed by atoms with Crippen LogP contribution in [-0.4, -0.2) is 18.6 Å². The van der Waals surface area contributed by atoms with Crippen molar-refractivity contribution in [3.05, 3.63) is 28.0 Å². The van der Waals surface area contributed by atoms with Crippen LogP contribution < -0.4 is 10.6 Å². The van der Waals surface area contributed by atoms with E-state index in [-0.39, 0.29) is 5.82 Å². The second-order valence-electron chi connectivity index (χ2n) is 6.48. The first-order valence-electron chi connectivity index (χ1n) is 8.10. The molecule has 0 aromatic heterocycles. The summed E-state index contributed by atoms with van der Waals surface area (Å²) in [6.07, 6.45) is 7.78. The Hall–Kier alpha value is -0.610. The zero-order valence-corrected chi connectivity index (χ0v) is 14.2. The van der Waals surface area contributed by atoms with E-state index in [9.17, 15) is 4.39 Å². The lowest BCUT2D eigenvalue weighted by molar-refractivity contribution is 0.286. The molecular formula is C17H24BrFN2. The monoisotopic (exact) mass is 354 g/mol. The lowest BCUT2D eigenvalue weighted by atomic mass is 9.88. The van der Waals surface area contributed by atoms with Gasteiger partial charge in [-0.1, -0.05) is 12.8 Å². The Morgan fingerprint density at radius 3 is 2.81 bits per heavy atom. The van der Waals surface area contributed by atoms with Gasteiger partial charge >= 0.3 is 0 Å². The van der Waals surface area contributed by atoms with E-state index in [2.05, 4.69) is 26.6 Å². The molecule has 1 aromatic carbocycles. The molecule has 2 fully saturated rings. The number of piperidine rings is 1. The van der Waals surface area contributed by atoms with Crippen LogP contribution in [0.2, 0.25) is 0 Å². The molecule has 0 bridgehead atoms. The molecule has 1 saturated carbocycles. The zero-order valence-electron chi connectivity index (χ0n) is 12.6. The van der Waals surface area contributed by atoms with Crippen molar-refractivity contribution in [2.45, 2.75) is 57.5 Å². The van der Waals surface area contributed by atoms with Crippen LogP contribution in [0, 0.1) is 18.7 Å². The van der Waals surface area contributed by atoms with Crippen LogP contribution in [0.15, 0.2) is 16.6 Å². The number of halogens is 2. The minimum Gasteiger partial charge on any atom is -0.382 e. The Kier molecular flexibility index (Phi) is 4.85. The number of aryl methyl sites for hydroxylation is 1. The van der Waals surface area contributed by atoms with Gasteiger partial charge in [0, 0.05) is 17.8 Å². The van der Waals surface area contributed by atoms with Gasteiger partial charge in [-0.2, -0.15) is 0 Å². The minimum atomic E-state index is -0.185. The molecule has 0 amide bonds. The van der Waals surface area contributed by atoms with Gasteiger partial charge in [0.1, 0.15) is 5.82 Å². The molecule has 4 heteroatoms. The maximum absolute atomic E-state index is 13.6. The van der Waals surface area contributed by atoms with Crippen molar-refractivity contribution in [1.82, 2.24) is 5.32 Å². The Balaban J connectivity index is 1.72. The second kappa shape index (κ2) is 6.66. The summed E-state index contributed by atoms with van der Waals surface area (Å²) in [7, 11) is 0. The number of benzene rings is 1. The second-order valence-corrected chi connectivity index (χ2v) is 7.34. The molecule has 116 valence electrons. The van der Waals surface area contributed by atoms with Gasteiger partial charge in [0.2, 0.25) is 0 Å². The van der Waals surface area contributed by atoms with Crippen LogP contribution in [0.3, 0.4) is 0 Å². The fraction of sp³-hybridized carbons (Fsp3) is 0.647. The number of anilines is 1. The van der Waals surface area contributed by atoms with Gasteiger partial charge in [0.05, 0.1) is 4.47 Å². The van der Waals surface area contributed by atoms with Crippen molar-refractivity contribution in [2.24, 2.45) is 5.92 Å². The average Bonchev–Trinajstić information content (AvgIpc) is 2.94. The highest BCUT2D eigenvalue weighted by Gasteiger charge is 2.34. The predicted octanol–water partition coefficient (Wildman–Crippen LogP) is 4.62. The van der Waals surface area contributed by atoms with Gasteiger partial charge in [-0.15, -0.1) is 0 Å². The first-order chi connectivity index (χ1) is 10.1. The summed E-state index contributed by atoms with van der Waals surface area (Å²) in [5.74, 6) is 0.517. The molecule has 1 aliphatic carbocycles. The van der Waals surface area contributed by atoms with E-state index in [1.807, 2.05) is 13.0 Å². The highest BCUT2D eigenvalue weighted by atomic mass is 79.9. The Labute approximate surface area is 135 Å². The van der Waals surface area contributed by atoms with Crippen molar-refractivity contribution < 1.29 is 4.39 Å². The van der Waals surface area contributed by atoms with E-state index in [1.54, 1.807) is 6.07 Å². The average molecular weight is 355 g/mol. The van der Waals surface area contributed by atoms with Gasteiger partial charge in [0.15, 0.2) is 0 Å². The van der Waals surface area contributed by atoms with E-state index >= 15 is 0 Å². The number of hydrogen-bond acceptors (Lipinski definition) is 2. The molecule has 0 radical (unpaired) electrons. The third kappa shape index (κ3) is 3.42. The van der Waals surface area contributed by atoms with Gasteiger partial charge in [0.25, 0.3) is 0 Å². The van der Waals surface area contributed by atoms with Gasteiger partial charge in [-0.25, -0.2) is 4.39 Å². The van der Waals surface area contributed by atoms with E-state index in [4.69, 9.17) is 0 Å². The first kappa shape index (κ1) is 15.3. The summed E-state index contributed by atoms with van der Waals surface area (Å²) in [6.45, 7) is 3.13. The number of nitrogens with one attached hydrogen (secondary N) is 2. The van der Waals surface area contributed by atoms with Crippen molar-refractivity contribution in [3.8, 4) is 0 Å². The molecule has 2 nitrogen and oxygen atoms in total. The largest absolute Gasteiger partial charge is 0.382 e. The molecule has 1 aromatic rings. The number of hydrogen-bond donors (Lipinski definition) is 2. The van der Waals surface area contributed by atoms with Gasteiger partial charge < -0.3 is 10.6 Å². The highest BCUT2D eigenvalue weighted by Crippen LogP contribution is 2.35. The van der Waals surface area contributed by atoms with Crippen LogP contribution in [0.5, 0.6) is 0 Å². The van der Waals surface area contributed by atoms with Crippen molar-refractivity contribution >= 4 is 21.6 Å². The lowest BCUT2D eigenvalue weighted by Gasteiger charge is -2.33. The summed E-state index contributed by atoms with van der Waals surface area (Å²) in [5.41, 5.74) is 2.05. The summed E-state index contributed by atoms with van der Waals surface area (Å²) in [5, 5.41) is 7.39. The van der Waals surface area contributed by atoms with Gasteiger partial charge in [-0.05, 0) is 78.7 Å². The fourth-order valence-corrected chi connectivity index (χ4v) is 4.24. The van der Waals surface area contributed by atoms with E-state index in [0.717, 1.165) is 17.8 Å². The van der Waals surface area contributed by atoms with Crippen molar-refractivity contribution in [2.75, 3.05) is 11.9 Å². The lowest BCUT2D eigenvalue weighted by Crippen LogP contribution is -2.44. The SMILES string of the molecule is Cc1cc(F)c(Br)cc1NC1CCCC1C1CCCCN1. The topological polar surface area (TPSA) is 24.1 Å². The molecule has 1 aliphatic heterocycles. The fourth-order valence-electron chi connectivity index (χ4n) is 3.90. The quantitative estimate of drug-likeness (QED) is 0.827. The smallest absolute Gasteiger partial charge is 0.137 e. The summed E-state index contributed by atoms with van der Waals surface area (Å²) >= 11 is 3.29. The molecule has 3 atom stereocenters. The molecule has 3 unspecified atom stereocenters. The van der Waals surface area contributed by atoms with Crippen LogP contribution in [0.1, 0.15) is 44.1 Å². The summed E-state index contributed by atoms with van der Waals surface area (Å²) in [6, 6.07) is 4.66. The van der Waals surface area contributed by atoms with Crippen LogP contribution in [0.25, 0.3) is 0 Å². The molecule has 21 heavy (non-hydrogen) atoms. The molecule has 1 heterocycles. The third-order valence-electron chi connectivity index (χ3n) is 5.04. The van der Waals surface area contributed by atoms with Crippen LogP contribution in [-0.2, 0) is 0 Å². The van der Waals surface area contributed by atoms with E-state index in [0.29, 0.717) is 22.5 Å². The molecule has 1 saturated heterocycles. The Morgan fingerprint density at radius 2 is 2.05 bits per heavy atom. The molecule has 3 rings (SSSR count). The van der Waals surface area contributed by atoms with E-state index in [1.165, 1.54) is 38.5 Å². The third-order valence-corrected chi connectivity index (χ3v) is 5.65. The van der Waals surface area contributed by atoms with E-state index < -0.39 is 0 Å². The number of rotatable bonds is 3. The van der Waals surface area contributed by atoms with Crippen LogP contribution in [0.4, 0.5) is 10.1 Å². The summed E-state index contributed by atoms with van der Waals surface area (Å²) in [4.78, 5) is 0. The Bertz CT molecular complexity index is 500. The molecular weight excluding hydrogens is 331 g/mol. The molecule has 2 N–H and O–H groups in total. The normalized spacial score (nSPS) is 29.6. The summed E-state index contributed by atoms with van der Waals surface area (Å²) < 4.78 is 14.1. The maximum atomic E-state index is 13.6. The van der Waals surface area contributed by atoms with Crippen molar-refractivity contribution in [3.63, 3.8) is 0 Å². The van der Waals surface area contributed by atoms with Gasteiger partial charge in [-0.3, -0.25) is 0 Å². The first-order valence-corrected chi connectivity index (χ1v) is 8.90. The standard InChI is InChI=1S/C17H24BrFN2/c1-11-9-14(19)13(18)10-17(11)21-16-7-4-5-12(16)15-6-2-3-8-20-15/h9-10,12,15-16,20-21H,2-8H2,1H3.